The van der Waals surface area contributed by atoms with Crippen molar-refractivity contribution >= 4 is 5.91 Å². The first-order valence-electron chi connectivity index (χ1n) is 8.68. The van der Waals surface area contributed by atoms with E-state index in [1.54, 1.807) is 6.92 Å². The van der Waals surface area contributed by atoms with E-state index in [2.05, 4.69) is 23.5 Å². The van der Waals surface area contributed by atoms with Crippen LogP contribution in [0.2, 0.25) is 0 Å². The first kappa shape index (κ1) is 16.6. The van der Waals surface area contributed by atoms with E-state index in [1.807, 2.05) is 38.1 Å². The number of carbonyl (C=O) groups is 1. The van der Waals surface area contributed by atoms with Crippen molar-refractivity contribution in [2.45, 2.75) is 52.2 Å². The Morgan fingerprint density at radius 3 is 2.50 bits per heavy atom. The Morgan fingerprint density at radius 1 is 1.04 bits per heavy atom. The van der Waals surface area contributed by atoms with Crippen LogP contribution in [0.15, 0.2) is 42.5 Å². The lowest BCUT2D eigenvalue weighted by Crippen LogP contribution is -2.37. The quantitative estimate of drug-likeness (QED) is 0.898. The monoisotopic (exact) mass is 323 g/mol. The number of fused-ring (bicyclic) bond motifs is 1. The van der Waals surface area contributed by atoms with Crippen molar-refractivity contribution < 1.29 is 9.53 Å². The minimum Gasteiger partial charge on any atom is -0.481 e. The van der Waals surface area contributed by atoms with Gasteiger partial charge in [0.15, 0.2) is 6.10 Å². The van der Waals surface area contributed by atoms with Gasteiger partial charge in [0.1, 0.15) is 5.75 Å². The summed E-state index contributed by atoms with van der Waals surface area (Å²) in [6.07, 6.45) is 3.04. The Balaban J connectivity index is 1.60. The van der Waals surface area contributed by atoms with Crippen molar-refractivity contribution in [2.75, 3.05) is 0 Å². The highest BCUT2D eigenvalue weighted by Gasteiger charge is 2.19. The van der Waals surface area contributed by atoms with E-state index in [0.717, 1.165) is 12.0 Å². The van der Waals surface area contributed by atoms with Crippen molar-refractivity contribution in [3.8, 4) is 5.75 Å². The molecule has 0 unspecified atom stereocenters. The van der Waals surface area contributed by atoms with Crippen molar-refractivity contribution in [3.05, 3.63) is 64.7 Å². The van der Waals surface area contributed by atoms with Crippen LogP contribution in [-0.4, -0.2) is 12.0 Å². The topological polar surface area (TPSA) is 38.3 Å². The fourth-order valence-electron chi connectivity index (χ4n) is 3.15. The van der Waals surface area contributed by atoms with Gasteiger partial charge >= 0.3 is 0 Å². The Morgan fingerprint density at radius 2 is 1.75 bits per heavy atom. The molecule has 0 fully saturated rings. The molecule has 24 heavy (non-hydrogen) atoms. The lowest BCUT2D eigenvalue weighted by Gasteiger charge is -2.19. The zero-order chi connectivity index (χ0) is 17.1. The van der Waals surface area contributed by atoms with Gasteiger partial charge in [-0.25, -0.2) is 0 Å². The van der Waals surface area contributed by atoms with E-state index >= 15 is 0 Å². The van der Waals surface area contributed by atoms with Crippen molar-refractivity contribution in [2.24, 2.45) is 0 Å². The number of benzene rings is 2. The maximum absolute atomic E-state index is 12.4. The molecule has 3 rings (SSSR count). The van der Waals surface area contributed by atoms with Gasteiger partial charge in [0, 0.05) is 0 Å². The third-order valence-corrected chi connectivity index (χ3v) is 4.68. The van der Waals surface area contributed by atoms with Crippen LogP contribution in [0.5, 0.6) is 5.75 Å². The van der Waals surface area contributed by atoms with Gasteiger partial charge in [-0.1, -0.05) is 35.9 Å². The van der Waals surface area contributed by atoms with E-state index in [-0.39, 0.29) is 11.9 Å². The molecule has 1 aliphatic rings. The Hall–Kier alpha value is -2.29. The smallest absolute Gasteiger partial charge is 0.261 e. The summed E-state index contributed by atoms with van der Waals surface area (Å²) in [5, 5.41) is 3.05. The molecule has 1 N–H and O–H groups in total. The van der Waals surface area contributed by atoms with E-state index in [9.17, 15) is 4.79 Å². The van der Waals surface area contributed by atoms with E-state index in [1.165, 1.54) is 29.5 Å². The highest BCUT2D eigenvalue weighted by Crippen LogP contribution is 2.25. The number of hydrogen-bond donors (Lipinski definition) is 1. The second-order valence-electron chi connectivity index (χ2n) is 6.69. The summed E-state index contributed by atoms with van der Waals surface area (Å²) in [6.45, 7) is 5.83. The van der Waals surface area contributed by atoms with Gasteiger partial charge in [0.25, 0.3) is 5.91 Å². The summed E-state index contributed by atoms with van der Waals surface area (Å²) < 4.78 is 5.73. The molecule has 2 atom stereocenters. The molecule has 0 radical (unpaired) electrons. The second kappa shape index (κ2) is 7.08. The fraction of sp³-hybridized carbons (Fsp3) is 0.381. The minimum absolute atomic E-state index is 0.0209. The molecule has 3 nitrogen and oxygen atoms in total. The van der Waals surface area contributed by atoms with Gasteiger partial charge in [-0.05, 0) is 68.9 Å². The molecule has 2 aromatic carbocycles. The maximum Gasteiger partial charge on any atom is 0.261 e. The summed E-state index contributed by atoms with van der Waals surface area (Å²) in [7, 11) is 0. The fourth-order valence-corrected chi connectivity index (χ4v) is 3.15. The Labute approximate surface area is 144 Å². The third kappa shape index (κ3) is 3.78. The van der Waals surface area contributed by atoms with Gasteiger partial charge < -0.3 is 10.1 Å². The van der Waals surface area contributed by atoms with Gasteiger partial charge in [-0.2, -0.15) is 0 Å². The minimum atomic E-state index is -0.524. The van der Waals surface area contributed by atoms with E-state index in [0.29, 0.717) is 5.75 Å². The summed E-state index contributed by atoms with van der Waals surface area (Å²) >= 11 is 0. The third-order valence-electron chi connectivity index (χ3n) is 4.68. The summed E-state index contributed by atoms with van der Waals surface area (Å²) in [5.74, 6) is 0.622. The van der Waals surface area contributed by atoms with Crippen LogP contribution in [-0.2, 0) is 17.6 Å². The predicted octanol–water partition coefficient (Wildman–Crippen LogP) is 4.13. The molecule has 1 amide bonds. The lowest BCUT2D eigenvalue weighted by molar-refractivity contribution is -0.127. The maximum atomic E-state index is 12.4. The summed E-state index contributed by atoms with van der Waals surface area (Å²) in [6, 6.07) is 14.3. The van der Waals surface area contributed by atoms with Crippen LogP contribution in [0.3, 0.4) is 0 Å². The number of amides is 1. The average Bonchev–Trinajstić information content (AvgIpc) is 3.04. The van der Waals surface area contributed by atoms with Gasteiger partial charge in [0.2, 0.25) is 0 Å². The van der Waals surface area contributed by atoms with Crippen molar-refractivity contribution in [3.63, 3.8) is 0 Å². The highest BCUT2D eigenvalue weighted by molar-refractivity contribution is 5.81. The molecule has 2 aromatic rings. The number of hydrogen-bond acceptors (Lipinski definition) is 2. The predicted molar refractivity (Wildman–Crippen MR) is 96.3 cm³/mol. The molecule has 0 aliphatic heterocycles. The first-order valence-corrected chi connectivity index (χ1v) is 8.68. The summed E-state index contributed by atoms with van der Waals surface area (Å²) in [4.78, 5) is 12.4. The first-order chi connectivity index (χ1) is 11.5. The SMILES string of the molecule is Cc1ccc(O[C@@H](C)C(=O)N[C@@H](C)c2ccc3c(c2)CCC3)cc1. The number of carbonyl (C=O) groups excluding carboxylic acids is 1. The van der Waals surface area contributed by atoms with Crippen LogP contribution in [0.25, 0.3) is 0 Å². The van der Waals surface area contributed by atoms with E-state index in [4.69, 9.17) is 4.74 Å². The lowest BCUT2D eigenvalue weighted by atomic mass is 10.0. The molecule has 0 saturated carbocycles. The van der Waals surface area contributed by atoms with E-state index < -0.39 is 6.10 Å². The zero-order valence-electron chi connectivity index (χ0n) is 14.6. The van der Waals surface area contributed by atoms with Crippen LogP contribution >= 0.6 is 0 Å². The average molecular weight is 323 g/mol. The number of rotatable bonds is 5. The van der Waals surface area contributed by atoms with Crippen molar-refractivity contribution in [1.82, 2.24) is 5.32 Å². The number of nitrogens with one attached hydrogen (secondary N) is 1. The standard InChI is InChI=1S/C21H25NO2/c1-14-7-11-20(12-8-14)24-16(3)21(23)22-15(2)18-10-9-17-5-4-6-19(17)13-18/h7-13,15-16H,4-6H2,1-3H3,(H,22,23)/t15-,16-/m0/s1. The molecular weight excluding hydrogens is 298 g/mol. The Kier molecular flexibility index (Phi) is 4.89. The van der Waals surface area contributed by atoms with Gasteiger partial charge in [0.05, 0.1) is 6.04 Å². The van der Waals surface area contributed by atoms with Gasteiger partial charge in [-0.15, -0.1) is 0 Å². The normalized spacial score (nSPS) is 15.5. The largest absolute Gasteiger partial charge is 0.481 e. The van der Waals surface area contributed by atoms with Crippen LogP contribution in [0.1, 0.15) is 48.6 Å². The van der Waals surface area contributed by atoms with Crippen LogP contribution < -0.4 is 10.1 Å². The molecule has 3 heteroatoms. The Bertz CT molecular complexity index is 721. The molecule has 0 saturated heterocycles. The molecule has 0 aromatic heterocycles. The van der Waals surface area contributed by atoms with Crippen LogP contribution in [0, 0.1) is 6.92 Å². The van der Waals surface area contributed by atoms with Gasteiger partial charge in [-0.3, -0.25) is 4.79 Å². The number of aryl methyl sites for hydroxylation is 3. The van der Waals surface area contributed by atoms with Crippen LogP contribution in [0.4, 0.5) is 0 Å². The molecular formula is C21H25NO2. The second-order valence-corrected chi connectivity index (χ2v) is 6.69. The molecule has 0 heterocycles. The highest BCUT2D eigenvalue weighted by atomic mass is 16.5. The number of ether oxygens (including phenoxy) is 1. The zero-order valence-corrected chi connectivity index (χ0v) is 14.6. The molecule has 0 spiro atoms. The van der Waals surface area contributed by atoms with Crippen molar-refractivity contribution in [1.29, 1.82) is 0 Å². The molecule has 0 bridgehead atoms. The summed E-state index contributed by atoms with van der Waals surface area (Å²) in [5.41, 5.74) is 5.21. The molecule has 126 valence electrons. The molecule has 1 aliphatic carbocycles.